The number of halogens is 1. The molecule has 4 rings (SSSR count). The summed E-state index contributed by atoms with van der Waals surface area (Å²) < 4.78 is 19.7. The van der Waals surface area contributed by atoms with Gasteiger partial charge >= 0.3 is 0 Å². The quantitative estimate of drug-likeness (QED) is 0.818. The molecule has 1 aromatic heterocycles. The molecule has 144 valence electrons. The average Bonchev–Trinajstić information content (AvgIpc) is 3.24. The predicted molar refractivity (Wildman–Crippen MR) is 100 cm³/mol. The van der Waals surface area contributed by atoms with Crippen molar-refractivity contribution < 1.29 is 18.4 Å². The van der Waals surface area contributed by atoms with Gasteiger partial charge in [0.2, 0.25) is 5.91 Å². The van der Waals surface area contributed by atoms with E-state index in [0.29, 0.717) is 30.5 Å². The maximum atomic E-state index is 14.0. The minimum Gasteiger partial charge on any atom is -0.448 e. The van der Waals surface area contributed by atoms with Crippen molar-refractivity contribution in [2.24, 2.45) is 0 Å². The monoisotopic (exact) mass is 372 g/mol. The number of benzene rings is 1. The highest BCUT2D eigenvalue weighted by atomic mass is 19.1. The van der Waals surface area contributed by atoms with Crippen LogP contribution in [0.5, 0.6) is 0 Å². The zero-order chi connectivity index (χ0) is 19.0. The van der Waals surface area contributed by atoms with Crippen LogP contribution in [0.4, 0.5) is 4.39 Å². The number of aryl methyl sites for hydroxylation is 1. The average molecular weight is 372 g/mol. The van der Waals surface area contributed by atoms with Gasteiger partial charge in [0.25, 0.3) is 5.91 Å². The van der Waals surface area contributed by atoms with Gasteiger partial charge in [0, 0.05) is 43.0 Å². The summed E-state index contributed by atoms with van der Waals surface area (Å²) in [5.74, 6) is -0.163. The maximum Gasteiger partial charge on any atom is 0.290 e. The molecule has 2 aliphatic heterocycles. The van der Waals surface area contributed by atoms with E-state index in [0.717, 1.165) is 38.6 Å². The summed E-state index contributed by atoms with van der Waals surface area (Å²) >= 11 is 0. The Bertz CT molecular complexity index is 876. The van der Waals surface area contributed by atoms with Crippen LogP contribution in [0.15, 0.2) is 22.6 Å². The second-order valence-corrected chi connectivity index (χ2v) is 7.59. The molecule has 1 atom stereocenters. The molecule has 0 unspecified atom stereocenters. The van der Waals surface area contributed by atoms with E-state index in [1.54, 1.807) is 19.1 Å². The Morgan fingerprint density at radius 2 is 2.11 bits per heavy atom. The van der Waals surface area contributed by atoms with Crippen LogP contribution in [0, 0.1) is 12.7 Å². The summed E-state index contributed by atoms with van der Waals surface area (Å²) in [7, 11) is 0. The van der Waals surface area contributed by atoms with Crippen LogP contribution in [0.3, 0.4) is 0 Å². The number of para-hydroxylation sites is 1. The number of furan rings is 1. The van der Waals surface area contributed by atoms with Crippen LogP contribution >= 0.6 is 0 Å². The van der Waals surface area contributed by atoms with E-state index in [9.17, 15) is 14.0 Å². The lowest BCUT2D eigenvalue weighted by molar-refractivity contribution is -0.127. The molecule has 6 heteroatoms. The first-order valence-corrected chi connectivity index (χ1v) is 9.82. The molecule has 0 saturated carbocycles. The highest BCUT2D eigenvalue weighted by molar-refractivity contribution is 5.99. The highest BCUT2D eigenvalue weighted by Gasteiger charge is 2.32. The molecule has 2 aromatic rings. The van der Waals surface area contributed by atoms with Gasteiger partial charge in [-0.3, -0.25) is 9.59 Å². The van der Waals surface area contributed by atoms with E-state index in [2.05, 4.69) is 0 Å². The number of carbonyl (C=O) groups excluding carboxylic acids is 2. The Labute approximate surface area is 158 Å². The molecule has 0 bridgehead atoms. The van der Waals surface area contributed by atoms with Crippen LogP contribution in [0.25, 0.3) is 11.0 Å². The predicted octanol–water partition coefficient (Wildman–Crippen LogP) is 3.89. The molecule has 0 radical (unpaired) electrons. The Hall–Kier alpha value is -2.37. The molecule has 2 amide bonds. The summed E-state index contributed by atoms with van der Waals surface area (Å²) in [5, 5.41) is 0.648. The van der Waals surface area contributed by atoms with Gasteiger partial charge < -0.3 is 14.2 Å². The summed E-state index contributed by atoms with van der Waals surface area (Å²) in [5.41, 5.74) is 0.836. The SMILES string of the molecule is Cc1c(C(=O)N2CCCC[C@H]2CCN2CCCC2=O)oc2c(F)cccc12. The standard InChI is InChI=1S/C21H25FN2O3/c1-14-16-7-4-8-17(22)20(16)27-19(14)21(26)24-12-3-2-6-15(24)10-13-23-11-5-9-18(23)25/h4,7-8,15H,2-3,5-6,9-13H2,1H3/t15-/m0/s1. The fourth-order valence-corrected chi connectivity index (χ4v) is 4.36. The Morgan fingerprint density at radius 1 is 1.26 bits per heavy atom. The van der Waals surface area contributed by atoms with Crippen molar-refractivity contribution in [2.45, 2.75) is 51.5 Å². The zero-order valence-electron chi connectivity index (χ0n) is 15.7. The molecule has 1 aromatic carbocycles. The van der Waals surface area contributed by atoms with Crippen LogP contribution in [0.1, 0.15) is 54.6 Å². The number of nitrogens with zero attached hydrogens (tertiary/aromatic N) is 2. The van der Waals surface area contributed by atoms with E-state index in [1.807, 2.05) is 9.80 Å². The number of piperidine rings is 1. The van der Waals surface area contributed by atoms with Gasteiger partial charge in [0.05, 0.1) is 0 Å². The largest absolute Gasteiger partial charge is 0.448 e. The van der Waals surface area contributed by atoms with Crippen molar-refractivity contribution in [2.75, 3.05) is 19.6 Å². The van der Waals surface area contributed by atoms with E-state index in [4.69, 9.17) is 4.42 Å². The van der Waals surface area contributed by atoms with Gasteiger partial charge in [-0.1, -0.05) is 12.1 Å². The lowest BCUT2D eigenvalue weighted by Gasteiger charge is -2.36. The van der Waals surface area contributed by atoms with Crippen LogP contribution in [-0.4, -0.2) is 47.3 Å². The van der Waals surface area contributed by atoms with Gasteiger partial charge in [-0.05, 0) is 45.1 Å². The molecular weight excluding hydrogens is 347 g/mol. The van der Waals surface area contributed by atoms with Crippen molar-refractivity contribution in [3.05, 3.63) is 35.3 Å². The molecular formula is C21H25FN2O3. The molecule has 3 heterocycles. The van der Waals surface area contributed by atoms with Crippen molar-refractivity contribution in [1.82, 2.24) is 9.80 Å². The number of fused-ring (bicyclic) bond motifs is 1. The fourth-order valence-electron chi connectivity index (χ4n) is 4.36. The molecule has 2 saturated heterocycles. The van der Waals surface area contributed by atoms with Gasteiger partial charge in [-0.25, -0.2) is 4.39 Å². The number of carbonyl (C=O) groups is 2. The van der Waals surface area contributed by atoms with Crippen molar-refractivity contribution in [3.63, 3.8) is 0 Å². The number of rotatable bonds is 4. The van der Waals surface area contributed by atoms with Gasteiger partial charge in [0.15, 0.2) is 17.2 Å². The molecule has 27 heavy (non-hydrogen) atoms. The van der Waals surface area contributed by atoms with E-state index < -0.39 is 5.82 Å². The molecule has 0 spiro atoms. The summed E-state index contributed by atoms with van der Waals surface area (Å²) in [6.07, 6.45) is 5.31. The minimum absolute atomic E-state index is 0.0945. The van der Waals surface area contributed by atoms with Crippen LogP contribution in [0.2, 0.25) is 0 Å². The third kappa shape index (κ3) is 3.33. The Balaban J connectivity index is 1.54. The Morgan fingerprint density at radius 3 is 2.85 bits per heavy atom. The van der Waals surface area contributed by atoms with Crippen molar-refractivity contribution >= 4 is 22.8 Å². The lowest BCUT2D eigenvalue weighted by Crippen LogP contribution is -2.45. The highest BCUT2D eigenvalue weighted by Crippen LogP contribution is 2.30. The second kappa shape index (κ2) is 7.33. The van der Waals surface area contributed by atoms with Crippen molar-refractivity contribution in [3.8, 4) is 0 Å². The zero-order valence-corrected chi connectivity index (χ0v) is 15.7. The fraction of sp³-hybridized carbons (Fsp3) is 0.524. The Kier molecular flexibility index (Phi) is 4.89. The normalized spacial score (nSPS) is 20.7. The molecule has 0 N–H and O–H groups in total. The maximum absolute atomic E-state index is 14.0. The summed E-state index contributed by atoms with van der Waals surface area (Å²) in [6, 6.07) is 4.85. The van der Waals surface area contributed by atoms with E-state index in [-0.39, 0.29) is 29.2 Å². The number of likely N-dealkylation sites (tertiary alicyclic amines) is 2. The minimum atomic E-state index is -0.447. The van der Waals surface area contributed by atoms with Gasteiger partial charge in [-0.2, -0.15) is 0 Å². The first-order valence-electron chi connectivity index (χ1n) is 9.82. The van der Waals surface area contributed by atoms with E-state index in [1.165, 1.54) is 6.07 Å². The third-order valence-electron chi connectivity index (χ3n) is 5.90. The second-order valence-electron chi connectivity index (χ2n) is 7.59. The van der Waals surface area contributed by atoms with E-state index >= 15 is 0 Å². The topological polar surface area (TPSA) is 53.8 Å². The smallest absolute Gasteiger partial charge is 0.290 e. The first kappa shape index (κ1) is 18.0. The van der Waals surface area contributed by atoms with Crippen molar-refractivity contribution in [1.29, 1.82) is 0 Å². The molecule has 2 fully saturated rings. The lowest BCUT2D eigenvalue weighted by atomic mass is 9.98. The van der Waals surface area contributed by atoms with Gasteiger partial charge in [-0.15, -0.1) is 0 Å². The van der Waals surface area contributed by atoms with Crippen LogP contribution in [-0.2, 0) is 4.79 Å². The summed E-state index contributed by atoms with van der Waals surface area (Å²) in [4.78, 5) is 28.8. The molecule has 2 aliphatic rings. The first-order chi connectivity index (χ1) is 13.1. The summed E-state index contributed by atoms with van der Waals surface area (Å²) in [6.45, 7) is 4.00. The molecule has 0 aliphatic carbocycles. The van der Waals surface area contributed by atoms with Crippen LogP contribution < -0.4 is 0 Å². The van der Waals surface area contributed by atoms with Gasteiger partial charge in [0.1, 0.15) is 0 Å². The molecule has 5 nitrogen and oxygen atoms in total. The number of hydrogen-bond acceptors (Lipinski definition) is 3. The number of amides is 2. The third-order valence-corrected chi connectivity index (χ3v) is 5.90. The number of hydrogen-bond donors (Lipinski definition) is 0.